The number of aromatic nitrogens is 4. The first-order chi connectivity index (χ1) is 7.65. The van der Waals surface area contributed by atoms with Crippen LogP contribution in [0.15, 0.2) is 5.16 Å². The van der Waals surface area contributed by atoms with Gasteiger partial charge in [0.25, 0.3) is 0 Å². The Kier molecular flexibility index (Phi) is 5.17. The molecule has 0 fully saturated rings. The van der Waals surface area contributed by atoms with Crippen LogP contribution in [0.3, 0.4) is 0 Å². The number of tetrazole rings is 1. The highest BCUT2D eigenvalue weighted by Gasteiger charge is 2.23. The number of nitrogens with zero attached hydrogens (tertiary/aromatic N) is 4. The van der Waals surface area contributed by atoms with E-state index < -0.39 is 5.60 Å². The lowest BCUT2D eigenvalue weighted by Crippen LogP contribution is -2.29. The molecule has 0 spiro atoms. The third-order valence-electron chi connectivity index (χ3n) is 2.60. The average Bonchev–Trinajstić information content (AvgIpc) is 2.74. The maximum absolute atomic E-state index is 10.1. The first kappa shape index (κ1) is 13.4. The van der Waals surface area contributed by atoms with Gasteiger partial charge in [0.1, 0.15) is 0 Å². The molecule has 0 aliphatic carbocycles. The maximum atomic E-state index is 10.1. The summed E-state index contributed by atoms with van der Waals surface area (Å²) in [7, 11) is 0. The van der Waals surface area contributed by atoms with Crippen molar-refractivity contribution in [3.8, 4) is 0 Å². The Hall–Kier alpha value is -0.660. The van der Waals surface area contributed by atoms with Crippen molar-refractivity contribution in [3.63, 3.8) is 0 Å². The molecule has 0 saturated heterocycles. The largest absolute Gasteiger partial charge is 0.394 e. The molecule has 0 amide bonds. The zero-order valence-corrected chi connectivity index (χ0v) is 10.4. The van der Waals surface area contributed by atoms with Crippen LogP contribution < -0.4 is 0 Å². The fourth-order valence-corrected chi connectivity index (χ4v) is 2.36. The Morgan fingerprint density at radius 3 is 2.62 bits per heavy atom. The molecule has 0 aromatic carbocycles. The van der Waals surface area contributed by atoms with E-state index in [1.807, 2.05) is 13.8 Å². The van der Waals surface area contributed by atoms with Crippen molar-refractivity contribution in [1.29, 1.82) is 0 Å². The minimum atomic E-state index is -0.666. The molecule has 0 saturated carbocycles. The van der Waals surface area contributed by atoms with Crippen LogP contribution in [-0.2, 0) is 6.54 Å². The molecule has 1 aromatic heterocycles. The van der Waals surface area contributed by atoms with E-state index in [0.717, 1.165) is 0 Å². The predicted molar refractivity (Wildman–Crippen MR) is 61.2 cm³/mol. The molecule has 6 nitrogen and oxygen atoms in total. The van der Waals surface area contributed by atoms with Crippen molar-refractivity contribution in [2.45, 2.75) is 44.0 Å². The van der Waals surface area contributed by atoms with E-state index in [9.17, 15) is 5.11 Å². The van der Waals surface area contributed by atoms with E-state index in [0.29, 0.717) is 30.3 Å². The van der Waals surface area contributed by atoms with E-state index in [-0.39, 0.29) is 6.61 Å². The Morgan fingerprint density at radius 1 is 1.38 bits per heavy atom. The SMILES string of the molecule is CCC(O)(CC)CSc1nnnn1CCO. The monoisotopic (exact) mass is 246 g/mol. The highest BCUT2D eigenvalue weighted by Crippen LogP contribution is 2.24. The molecule has 2 N–H and O–H groups in total. The van der Waals surface area contributed by atoms with Gasteiger partial charge in [-0.3, -0.25) is 0 Å². The van der Waals surface area contributed by atoms with Crippen LogP contribution in [0, 0.1) is 0 Å². The van der Waals surface area contributed by atoms with Gasteiger partial charge in [-0.05, 0) is 23.3 Å². The van der Waals surface area contributed by atoms with Crippen LogP contribution in [0.1, 0.15) is 26.7 Å². The molecule has 16 heavy (non-hydrogen) atoms. The molecular weight excluding hydrogens is 228 g/mol. The van der Waals surface area contributed by atoms with E-state index in [1.165, 1.54) is 16.4 Å². The maximum Gasteiger partial charge on any atom is 0.209 e. The first-order valence-corrected chi connectivity index (χ1v) is 6.36. The fourth-order valence-electron chi connectivity index (χ4n) is 1.19. The number of hydrogen-bond donors (Lipinski definition) is 2. The zero-order chi connectivity index (χ0) is 12.0. The molecule has 0 radical (unpaired) electrons. The standard InChI is InChI=1S/C9H18N4O2S/c1-3-9(15,4-2)7-16-8-10-11-12-13(8)5-6-14/h14-15H,3-7H2,1-2H3. The molecule has 0 bridgehead atoms. The van der Waals surface area contributed by atoms with Gasteiger partial charge in [0, 0.05) is 5.75 Å². The Bertz CT molecular complexity index is 314. The van der Waals surface area contributed by atoms with E-state index in [4.69, 9.17) is 5.11 Å². The molecule has 1 rings (SSSR count). The second-order valence-corrected chi connectivity index (χ2v) is 4.57. The summed E-state index contributed by atoms with van der Waals surface area (Å²) in [5, 5.41) is 30.7. The van der Waals surface area contributed by atoms with Crippen molar-refractivity contribution < 1.29 is 10.2 Å². The number of thioether (sulfide) groups is 1. The summed E-state index contributed by atoms with van der Waals surface area (Å²) in [6, 6.07) is 0. The number of rotatable bonds is 7. The zero-order valence-electron chi connectivity index (χ0n) is 9.63. The van der Waals surface area contributed by atoms with E-state index in [2.05, 4.69) is 15.5 Å². The minimum absolute atomic E-state index is 0.00439. The highest BCUT2D eigenvalue weighted by atomic mass is 32.2. The summed E-state index contributed by atoms with van der Waals surface area (Å²) in [4.78, 5) is 0. The van der Waals surface area contributed by atoms with Gasteiger partial charge in [0.05, 0.1) is 18.8 Å². The summed E-state index contributed by atoms with van der Waals surface area (Å²) in [5.74, 6) is 0.561. The predicted octanol–water partition coefficient (Wildman–Crippen LogP) is 0.309. The van der Waals surface area contributed by atoms with E-state index >= 15 is 0 Å². The van der Waals surface area contributed by atoms with Crippen molar-refractivity contribution in [1.82, 2.24) is 20.2 Å². The Morgan fingerprint density at radius 2 is 2.06 bits per heavy atom. The average molecular weight is 246 g/mol. The molecule has 92 valence electrons. The first-order valence-electron chi connectivity index (χ1n) is 5.37. The lowest BCUT2D eigenvalue weighted by molar-refractivity contribution is 0.0571. The third kappa shape index (κ3) is 3.43. The number of aliphatic hydroxyl groups excluding tert-OH is 1. The molecule has 0 aliphatic heterocycles. The lowest BCUT2D eigenvalue weighted by atomic mass is 10.0. The smallest absolute Gasteiger partial charge is 0.209 e. The summed E-state index contributed by atoms with van der Waals surface area (Å²) < 4.78 is 1.54. The third-order valence-corrected chi connectivity index (χ3v) is 3.83. The summed E-state index contributed by atoms with van der Waals surface area (Å²) in [5.41, 5.74) is -0.666. The van der Waals surface area contributed by atoms with Gasteiger partial charge in [-0.1, -0.05) is 25.6 Å². The van der Waals surface area contributed by atoms with Crippen molar-refractivity contribution in [3.05, 3.63) is 0 Å². The van der Waals surface area contributed by atoms with Crippen molar-refractivity contribution in [2.24, 2.45) is 0 Å². The van der Waals surface area contributed by atoms with Crippen LogP contribution in [0.5, 0.6) is 0 Å². The van der Waals surface area contributed by atoms with Crippen molar-refractivity contribution in [2.75, 3.05) is 12.4 Å². The number of hydrogen-bond acceptors (Lipinski definition) is 6. The van der Waals surface area contributed by atoms with Crippen LogP contribution in [-0.4, -0.2) is 48.4 Å². The molecule has 1 heterocycles. The second kappa shape index (κ2) is 6.17. The quantitative estimate of drug-likeness (QED) is 0.674. The fraction of sp³-hybridized carbons (Fsp3) is 0.889. The molecule has 0 aliphatic rings. The molecular formula is C9H18N4O2S. The lowest BCUT2D eigenvalue weighted by Gasteiger charge is -2.23. The molecule has 0 unspecified atom stereocenters. The van der Waals surface area contributed by atoms with Crippen LogP contribution in [0.2, 0.25) is 0 Å². The van der Waals surface area contributed by atoms with Crippen molar-refractivity contribution >= 4 is 11.8 Å². The summed E-state index contributed by atoms with van der Waals surface area (Å²) in [6.07, 6.45) is 1.41. The molecule has 0 atom stereocenters. The van der Waals surface area contributed by atoms with Gasteiger partial charge in [-0.25, -0.2) is 4.68 Å². The van der Waals surface area contributed by atoms with E-state index in [1.54, 1.807) is 0 Å². The topological polar surface area (TPSA) is 84.1 Å². The van der Waals surface area contributed by atoms with Gasteiger partial charge in [0.2, 0.25) is 5.16 Å². The normalized spacial score (nSPS) is 12.0. The summed E-state index contributed by atoms with van der Waals surface area (Å²) >= 11 is 1.42. The number of aliphatic hydroxyl groups is 2. The van der Waals surface area contributed by atoms with Gasteiger partial charge in [0.15, 0.2) is 0 Å². The molecule has 1 aromatic rings. The van der Waals surface area contributed by atoms with Crippen LogP contribution in [0.25, 0.3) is 0 Å². The Labute approximate surface area is 99.0 Å². The minimum Gasteiger partial charge on any atom is -0.394 e. The van der Waals surface area contributed by atoms with Gasteiger partial charge in [-0.15, -0.1) is 5.10 Å². The summed E-state index contributed by atoms with van der Waals surface area (Å²) in [6.45, 7) is 4.30. The van der Waals surface area contributed by atoms with Gasteiger partial charge >= 0.3 is 0 Å². The van der Waals surface area contributed by atoms with Gasteiger partial charge in [-0.2, -0.15) is 0 Å². The van der Waals surface area contributed by atoms with Crippen LogP contribution in [0.4, 0.5) is 0 Å². The molecule has 7 heteroatoms. The highest BCUT2D eigenvalue weighted by molar-refractivity contribution is 7.99. The van der Waals surface area contributed by atoms with Crippen LogP contribution >= 0.6 is 11.8 Å². The Balaban J connectivity index is 2.56. The second-order valence-electron chi connectivity index (χ2n) is 3.63. The van der Waals surface area contributed by atoms with Gasteiger partial charge < -0.3 is 10.2 Å².